The Kier molecular flexibility index (Phi) is 5.15. The third-order valence-electron chi connectivity index (χ3n) is 5.76. The van der Waals surface area contributed by atoms with Crippen LogP contribution in [0, 0.1) is 24.6 Å². The van der Waals surface area contributed by atoms with Crippen LogP contribution in [0.15, 0.2) is 36.4 Å². The first-order chi connectivity index (χ1) is 14.4. The second-order valence-corrected chi connectivity index (χ2v) is 7.62. The molecule has 2 heterocycles. The van der Waals surface area contributed by atoms with E-state index in [0.717, 1.165) is 5.56 Å². The van der Waals surface area contributed by atoms with E-state index in [1.165, 1.54) is 25.3 Å². The quantitative estimate of drug-likeness (QED) is 0.808. The Labute approximate surface area is 173 Å². The molecule has 156 valence electrons. The number of methoxy groups -OCH3 is 1. The number of amides is 3. The van der Waals surface area contributed by atoms with Crippen LogP contribution >= 0.6 is 0 Å². The fourth-order valence-electron chi connectivity index (χ4n) is 4.06. The van der Waals surface area contributed by atoms with Crippen molar-refractivity contribution in [1.82, 2.24) is 10.2 Å². The van der Waals surface area contributed by atoms with Gasteiger partial charge in [-0.15, -0.1) is 0 Å². The molecular weight excluding hydrogens is 389 g/mol. The molecule has 0 aliphatic carbocycles. The number of benzene rings is 2. The largest absolute Gasteiger partial charge is 0.496 e. The Morgan fingerprint density at radius 3 is 2.77 bits per heavy atom. The van der Waals surface area contributed by atoms with Crippen LogP contribution in [0.1, 0.15) is 26.3 Å². The Morgan fingerprint density at radius 1 is 1.23 bits per heavy atom. The monoisotopic (exact) mass is 411 g/mol. The van der Waals surface area contributed by atoms with Gasteiger partial charge in [-0.3, -0.25) is 14.4 Å². The van der Waals surface area contributed by atoms with Gasteiger partial charge in [-0.05, 0) is 36.8 Å². The summed E-state index contributed by atoms with van der Waals surface area (Å²) in [6.07, 6.45) is 0. The molecule has 30 heavy (non-hydrogen) atoms. The number of hydrogen-bond acceptors (Lipinski definition) is 4. The summed E-state index contributed by atoms with van der Waals surface area (Å²) in [5.74, 6) is -1.46. The van der Waals surface area contributed by atoms with Gasteiger partial charge in [0.2, 0.25) is 5.91 Å². The van der Waals surface area contributed by atoms with E-state index in [1.807, 2.05) is 0 Å². The number of hydrogen-bond donors (Lipinski definition) is 2. The number of nitrogens with zero attached hydrogens (tertiary/aromatic N) is 1. The molecule has 0 radical (unpaired) electrons. The molecule has 2 fully saturated rings. The first-order valence-corrected chi connectivity index (χ1v) is 9.70. The molecule has 0 saturated carbocycles. The molecule has 2 atom stereocenters. The number of halogens is 1. The van der Waals surface area contributed by atoms with E-state index in [9.17, 15) is 18.8 Å². The van der Waals surface area contributed by atoms with Crippen LogP contribution in [-0.4, -0.2) is 49.4 Å². The fraction of sp³-hybridized carbons (Fsp3) is 0.318. The minimum Gasteiger partial charge on any atom is -0.496 e. The summed E-state index contributed by atoms with van der Waals surface area (Å²) >= 11 is 0. The molecule has 2 N–H and O–H groups in total. The first-order valence-electron chi connectivity index (χ1n) is 9.70. The summed E-state index contributed by atoms with van der Waals surface area (Å²) in [5.41, 5.74) is 1.34. The lowest BCUT2D eigenvalue weighted by molar-refractivity contribution is -0.122. The highest BCUT2D eigenvalue weighted by molar-refractivity contribution is 6.07. The highest BCUT2D eigenvalue weighted by Crippen LogP contribution is 2.29. The first kappa shape index (κ1) is 19.9. The topological polar surface area (TPSA) is 87.7 Å². The Balaban J connectivity index is 1.55. The fourth-order valence-corrected chi connectivity index (χ4v) is 4.06. The normalized spacial score (nSPS) is 20.0. The molecule has 0 spiro atoms. The van der Waals surface area contributed by atoms with E-state index in [4.69, 9.17) is 4.74 Å². The van der Waals surface area contributed by atoms with Crippen LogP contribution in [0.5, 0.6) is 5.75 Å². The zero-order chi connectivity index (χ0) is 21.4. The number of fused-ring (bicyclic) bond motifs is 1. The standard InChI is InChI=1S/C22H22FN3O4/c1-12-6-7-13(22(29)26-10-14-9-24-20(27)15(14)11-26)8-17(12)25-21(28)19-16(23)4-3-5-18(19)30-2/h3-8,14-15H,9-11H2,1-2H3,(H,24,27)(H,25,28)/t14-,15+/m0/s1. The van der Waals surface area contributed by atoms with Crippen molar-refractivity contribution in [3.63, 3.8) is 0 Å². The molecule has 0 bridgehead atoms. The third kappa shape index (κ3) is 3.49. The molecule has 2 aromatic carbocycles. The van der Waals surface area contributed by atoms with E-state index in [0.29, 0.717) is 30.9 Å². The van der Waals surface area contributed by atoms with Crippen LogP contribution < -0.4 is 15.4 Å². The summed E-state index contributed by atoms with van der Waals surface area (Å²) < 4.78 is 19.3. The maximum atomic E-state index is 14.2. The van der Waals surface area contributed by atoms with Gasteiger partial charge in [0.15, 0.2) is 0 Å². The van der Waals surface area contributed by atoms with E-state index < -0.39 is 11.7 Å². The predicted molar refractivity (Wildman–Crippen MR) is 108 cm³/mol. The summed E-state index contributed by atoms with van der Waals surface area (Å²) in [5, 5.41) is 5.50. The van der Waals surface area contributed by atoms with Gasteiger partial charge in [-0.1, -0.05) is 12.1 Å². The average molecular weight is 411 g/mol. The smallest absolute Gasteiger partial charge is 0.262 e. The van der Waals surface area contributed by atoms with Crippen LogP contribution in [0.2, 0.25) is 0 Å². The average Bonchev–Trinajstić information content (AvgIpc) is 3.30. The summed E-state index contributed by atoms with van der Waals surface area (Å²) in [6, 6.07) is 9.14. The summed E-state index contributed by atoms with van der Waals surface area (Å²) in [6.45, 7) is 3.28. The number of nitrogens with one attached hydrogen (secondary N) is 2. The molecule has 7 nitrogen and oxygen atoms in total. The second-order valence-electron chi connectivity index (χ2n) is 7.62. The second kappa shape index (κ2) is 7.78. The highest BCUT2D eigenvalue weighted by atomic mass is 19.1. The van der Waals surface area contributed by atoms with Gasteiger partial charge in [-0.25, -0.2) is 4.39 Å². The van der Waals surface area contributed by atoms with E-state index >= 15 is 0 Å². The minimum atomic E-state index is -0.696. The molecule has 2 aliphatic heterocycles. The maximum Gasteiger partial charge on any atom is 0.262 e. The molecule has 4 rings (SSSR count). The van der Waals surface area contributed by atoms with Gasteiger partial charge in [0.05, 0.1) is 13.0 Å². The summed E-state index contributed by atoms with van der Waals surface area (Å²) in [4.78, 5) is 39.2. The molecule has 0 unspecified atom stereocenters. The van der Waals surface area contributed by atoms with Crippen molar-refractivity contribution in [2.75, 3.05) is 32.1 Å². The van der Waals surface area contributed by atoms with Crippen molar-refractivity contribution in [3.8, 4) is 5.75 Å². The number of likely N-dealkylation sites (tertiary alicyclic amines) is 1. The minimum absolute atomic E-state index is 0.00834. The molecule has 0 aromatic heterocycles. The van der Waals surface area contributed by atoms with Crippen molar-refractivity contribution in [1.29, 1.82) is 0 Å². The number of carbonyl (C=O) groups excluding carboxylic acids is 3. The molecule has 2 saturated heterocycles. The van der Waals surface area contributed by atoms with Gasteiger partial charge in [0.25, 0.3) is 11.8 Å². The third-order valence-corrected chi connectivity index (χ3v) is 5.76. The zero-order valence-corrected chi connectivity index (χ0v) is 16.7. The van der Waals surface area contributed by atoms with Crippen LogP contribution in [0.25, 0.3) is 0 Å². The van der Waals surface area contributed by atoms with Crippen molar-refractivity contribution < 1.29 is 23.5 Å². The van der Waals surface area contributed by atoms with E-state index in [-0.39, 0.29) is 35.0 Å². The van der Waals surface area contributed by atoms with Crippen molar-refractivity contribution in [2.24, 2.45) is 11.8 Å². The Morgan fingerprint density at radius 2 is 2.03 bits per heavy atom. The van der Waals surface area contributed by atoms with Crippen LogP contribution in [0.3, 0.4) is 0 Å². The molecule has 2 aromatic rings. The molecule has 8 heteroatoms. The SMILES string of the molecule is COc1cccc(F)c1C(=O)Nc1cc(C(=O)N2C[C@@H]3CNC(=O)[C@@H]3C2)ccc1C. The molecule has 2 aliphatic rings. The number of aryl methyl sites for hydroxylation is 1. The van der Waals surface area contributed by atoms with E-state index in [1.54, 1.807) is 30.0 Å². The lowest BCUT2D eigenvalue weighted by Crippen LogP contribution is -2.33. The highest BCUT2D eigenvalue weighted by Gasteiger charge is 2.43. The predicted octanol–water partition coefficient (Wildman–Crippen LogP) is 2.21. The Bertz CT molecular complexity index is 1040. The number of rotatable bonds is 4. The van der Waals surface area contributed by atoms with Gasteiger partial charge in [0, 0.05) is 36.8 Å². The van der Waals surface area contributed by atoms with Gasteiger partial charge < -0.3 is 20.3 Å². The van der Waals surface area contributed by atoms with Crippen LogP contribution in [0.4, 0.5) is 10.1 Å². The van der Waals surface area contributed by atoms with Gasteiger partial charge >= 0.3 is 0 Å². The van der Waals surface area contributed by atoms with Crippen molar-refractivity contribution >= 4 is 23.4 Å². The maximum absolute atomic E-state index is 14.2. The number of carbonyl (C=O) groups is 3. The van der Waals surface area contributed by atoms with Crippen molar-refractivity contribution in [3.05, 3.63) is 58.9 Å². The van der Waals surface area contributed by atoms with Crippen LogP contribution in [-0.2, 0) is 4.79 Å². The lowest BCUT2D eigenvalue weighted by Gasteiger charge is -2.19. The van der Waals surface area contributed by atoms with Gasteiger partial charge in [-0.2, -0.15) is 0 Å². The summed E-state index contributed by atoms with van der Waals surface area (Å²) in [7, 11) is 1.36. The molecular formula is C22H22FN3O4. The van der Waals surface area contributed by atoms with Crippen molar-refractivity contribution in [2.45, 2.75) is 6.92 Å². The number of anilines is 1. The zero-order valence-electron chi connectivity index (χ0n) is 16.7. The van der Waals surface area contributed by atoms with E-state index in [2.05, 4.69) is 10.6 Å². The number of ether oxygens (including phenoxy) is 1. The Hall–Kier alpha value is -3.42. The lowest BCUT2D eigenvalue weighted by atomic mass is 10.0. The molecule has 3 amide bonds. The van der Waals surface area contributed by atoms with Gasteiger partial charge in [0.1, 0.15) is 17.1 Å².